The van der Waals surface area contributed by atoms with Crippen LogP contribution < -0.4 is 5.32 Å². The number of hydrogen-bond donors (Lipinski definition) is 1. The first-order valence-electron chi connectivity index (χ1n) is 5.26. The maximum Gasteiger partial charge on any atom is 0.226 e. The van der Waals surface area contributed by atoms with Crippen molar-refractivity contribution in [2.24, 2.45) is 0 Å². The quantitative estimate of drug-likeness (QED) is 0.688. The first-order valence-corrected chi connectivity index (χ1v) is 5.26. The fourth-order valence-corrected chi connectivity index (χ4v) is 1.13. The molecule has 0 saturated heterocycles. The third kappa shape index (κ3) is 4.90. The summed E-state index contributed by atoms with van der Waals surface area (Å²) < 4.78 is 10.0. The van der Waals surface area contributed by atoms with Gasteiger partial charge in [0.25, 0.3) is 0 Å². The molecular formula is C10H19N3O2. The Balaban J connectivity index is 2.29. The second-order valence-electron chi connectivity index (χ2n) is 3.74. The highest BCUT2D eigenvalue weighted by Gasteiger charge is 2.05. The molecule has 0 aliphatic rings. The van der Waals surface area contributed by atoms with Crippen LogP contribution in [0.3, 0.4) is 0 Å². The van der Waals surface area contributed by atoms with E-state index in [1.165, 1.54) is 0 Å². The zero-order chi connectivity index (χ0) is 11.1. The lowest BCUT2D eigenvalue weighted by atomic mass is 10.3. The minimum atomic E-state index is 0.431. The molecular weight excluding hydrogens is 194 g/mol. The standard InChI is InChI=1S/C10H19N3O2/c1-8(2)11-7-9-12-10(15-13-9)5-4-6-14-3/h8,11H,4-7H2,1-3H3. The molecule has 0 saturated carbocycles. The van der Waals surface area contributed by atoms with Gasteiger partial charge in [0.15, 0.2) is 5.82 Å². The van der Waals surface area contributed by atoms with Gasteiger partial charge in [-0.1, -0.05) is 19.0 Å². The van der Waals surface area contributed by atoms with E-state index < -0.39 is 0 Å². The van der Waals surface area contributed by atoms with Crippen LogP contribution in [0.2, 0.25) is 0 Å². The molecule has 0 aliphatic heterocycles. The number of aromatic nitrogens is 2. The normalized spacial score (nSPS) is 11.2. The topological polar surface area (TPSA) is 60.2 Å². The Morgan fingerprint density at radius 2 is 2.27 bits per heavy atom. The zero-order valence-corrected chi connectivity index (χ0v) is 9.62. The first kappa shape index (κ1) is 12.1. The van der Waals surface area contributed by atoms with Gasteiger partial charge >= 0.3 is 0 Å². The second kappa shape index (κ2) is 6.53. The van der Waals surface area contributed by atoms with Crippen molar-refractivity contribution < 1.29 is 9.26 Å². The molecule has 0 spiro atoms. The average Bonchev–Trinajstić information content (AvgIpc) is 2.63. The number of rotatable bonds is 7. The highest BCUT2D eigenvalue weighted by atomic mass is 16.5. The van der Waals surface area contributed by atoms with Crippen molar-refractivity contribution in [3.8, 4) is 0 Å². The number of nitrogens with zero attached hydrogens (tertiary/aromatic N) is 2. The fourth-order valence-electron chi connectivity index (χ4n) is 1.13. The molecule has 5 heteroatoms. The van der Waals surface area contributed by atoms with Crippen molar-refractivity contribution in [1.82, 2.24) is 15.5 Å². The van der Waals surface area contributed by atoms with Crippen molar-refractivity contribution in [1.29, 1.82) is 0 Å². The number of ether oxygens (including phenoxy) is 1. The Labute approximate surface area is 90.2 Å². The molecule has 86 valence electrons. The Hall–Kier alpha value is -0.940. The van der Waals surface area contributed by atoms with Crippen molar-refractivity contribution in [2.75, 3.05) is 13.7 Å². The van der Waals surface area contributed by atoms with E-state index in [-0.39, 0.29) is 0 Å². The molecule has 0 amide bonds. The van der Waals surface area contributed by atoms with Crippen LogP contribution in [0.5, 0.6) is 0 Å². The minimum absolute atomic E-state index is 0.431. The summed E-state index contributed by atoms with van der Waals surface area (Å²) in [6.45, 7) is 5.55. The van der Waals surface area contributed by atoms with Crippen LogP contribution in [-0.4, -0.2) is 29.9 Å². The number of methoxy groups -OCH3 is 1. The van der Waals surface area contributed by atoms with E-state index in [0.29, 0.717) is 18.5 Å². The monoisotopic (exact) mass is 213 g/mol. The van der Waals surface area contributed by atoms with Gasteiger partial charge in [-0.15, -0.1) is 0 Å². The van der Waals surface area contributed by atoms with E-state index in [2.05, 4.69) is 29.3 Å². The molecule has 1 aromatic rings. The van der Waals surface area contributed by atoms with Crippen LogP contribution in [0.15, 0.2) is 4.52 Å². The third-order valence-corrected chi connectivity index (χ3v) is 1.92. The average molecular weight is 213 g/mol. The molecule has 0 aliphatic carbocycles. The van der Waals surface area contributed by atoms with Crippen LogP contribution in [0.25, 0.3) is 0 Å². The molecule has 0 unspecified atom stereocenters. The molecule has 0 aromatic carbocycles. The summed E-state index contributed by atoms with van der Waals surface area (Å²) in [4.78, 5) is 4.26. The SMILES string of the molecule is COCCCc1nc(CNC(C)C)no1. The van der Waals surface area contributed by atoms with Crippen molar-refractivity contribution >= 4 is 0 Å². The van der Waals surface area contributed by atoms with Gasteiger partial charge in [0.1, 0.15) is 0 Å². The lowest BCUT2D eigenvalue weighted by Crippen LogP contribution is -2.22. The van der Waals surface area contributed by atoms with Gasteiger partial charge in [-0.2, -0.15) is 4.98 Å². The summed E-state index contributed by atoms with van der Waals surface area (Å²) in [5, 5.41) is 7.11. The summed E-state index contributed by atoms with van der Waals surface area (Å²) in [7, 11) is 1.69. The van der Waals surface area contributed by atoms with Crippen molar-refractivity contribution in [2.45, 2.75) is 39.3 Å². The van der Waals surface area contributed by atoms with Crippen LogP contribution >= 0.6 is 0 Å². The maximum atomic E-state index is 5.09. The maximum absolute atomic E-state index is 5.09. The predicted octanol–water partition coefficient (Wildman–Crippen LogP) is 1.15. The smallest absolute Gasteiger partial charge is 0.226 e. The summed E-state index contributed by atoms with van der Waals surface area (Å²) in [5.41, 5.74) is 0. The van der Waals surface area contributed by atoms with Gasteiger partial charge in [-0.25, -0.2) is 0 Å². The van der Waals surface area contributed by atoms with Crippen molar-refractivity contribution in [3.63, 3.8) is 0 Å². The van der Waals surface area contributed by atoms with Gasteiger partial charge < -0.3 is 14.6 Å². The molecule has 1 aromatic heterocycles. The van der Waals surface area contributed by atoms with Crippen molar-refractivity contribution in [3.05, 3.63) is 11.7 Å². The van der Waals surface area contributed by atoms with Crippen LogP contribution in [0.4, 0.5) is 0 Å². The summed E-state index contributed by atoms with van der Waals surface area (Å²) in [6.07, 6.45) is 1.69. The summed E-state index contributed by atoms with van der Waals surface area (Å²) in [5.74, 6) is 1.41. The number of aryl methyl sites for hydroxylation is 1. The van der Waals surface area contributed by atoms with E-state index in [0.717, 1.165) is 25.3 Å². The number of nitrogens with one attached hydrogen (secondary N) is 1. The van der Waals surface area contributed by atoms with E-state index in [4.69, 9.17) is 9.26 Å². The highest BCUT2D eigenvalue weighted by Crippen LogP contribution is 2.01. The Bertz CT molecular complexity index is 273. The van der Waals surface area contributed by atoms with Crippen LogP contribution in [0.1, 0.15) is 32.0 Å². The van der Waals surface area contributed by atoms with E-state index >= 15 is 0 Å². The van der Waals surface area contributed by atoms with Gasteiger partial charge in [-0.3, -0.25) is 0 Å². The van der Waals surface area contributed by atoms with Crippen LogP contribution in [0, 0.1) is 0 Å². The van der Waals surface area contributed by atoms with Gasteiger partial charge in [0.2, 0.25) is 5.89 Å². The van der Waals surface area contributed by atoms with E-state index in [9.17, 15) is 0 Å². The Morgan fingerprint density at radius 3 is 2.93 bits per heavy atom. The van der Waals surface area contributed by atoms with Gasteiger partial charge in [-0.05, 0) is 6.42 Å². The molecule has 15 heavy (non-hydrogen) atoms. The molecule has 1 N–H and O–H groups in total. The van der Waals surface area contributed by atoms with Gasteiger partial charge in [0, 0.05) is 26.2 Å². The summed E-state index contributed by atoms with van der Waals surface area (Å²) in [6, 6.07) is 0.431. The Kier molecular flexibility index (Phi) is 5.28. The largest absolute Gasteiger partial charge is 0.385 e. The number of hydrogen-bond acceptors (Lipinski definition) is 5. The Morgan fingerprint density at radius 1 is 1.47 bits per heavy atom. The molecule has 0 atom stereocenters. The zero-order valence-electron chi connectivity index (χ0n) is 9.62. The summed E-state index contributed by atoms with van der Waals surface area (Å²) >= 11 is 0. The minimum Gasteiger partial charge on any atom is -0.385 e. The van der Waals surface area contributed by atoms with Crippen LogP contribution in [-0.2, 0) is 17.7 Å². The third-order valence-electron chi connectivity index (χ3n) is 1.92. The first-order chi connectivity index (χ1) is 7.22. The van der Waals surface area contributed by atoms with Gasteiger partial charge in [0.05, 0.1) is 6.54 Å². The molecule has 1 heterocycles. The van der Waals surface area contributed by atoms with E-state index in [1.54, 1.807) is 7.11 Å². The molecule has 5 nitrogen and oxygen atoms in total. The fraction of sp³-hybridized carbons (Fsp3) is 0.800. The lowest BCUT2D eigenvalue weighted by Gasteiger charge is -2.03. The molecule has 1 rings (SSSR count). The predicted molar refractivity (Wildman–Crippen MR) is 56.5 cm³/mol. The lowest BCUT2D eigenvalue weighted by molar-refractivity contribution is 0.192. The second-order valence-corrected chi connectivity index (χ2v) is 3.74. The molecule has 0 radical (unpaired) electrons. The van der Waals surface area contributed by atoms with E-state index in [1.807, 2.05) is 0 Å². The molecule has 0 fully saturated rings. The molecule has 0 bridgehead atoms. The highest BCUT2D eigenvalue weighted by molar-refractivity contribution is 4.86.